The Labute approximate surface area is 203 Å². The largest absolute Gasteiger partial charge is 0.333 e. The van der Waals surface area contributed by atoms with Crippen molar-refractivity contribution in [3.05, 3.63) is 83.7 Å². The van der Waals surface area contributed by atoms with Crippen LogP contribution in [0.5, 0.6) is 0 Å². The highest BCUT2D eigenvalue weighted by Crippen LogP contribution is 2.42. The van der Waals surface area contributed by atoms with Gasteiger partial charge in [0.2, 0.25) is 11.8 Å². The van der Waals surface area contributed by atoms with Gasteiger partial charge >= 0.3 is 0 Å². The fourth-order valence-electron chi connectivity index (χ4n) is 4.64. The lowest BCUT2D eigenvalue weighted by Gasteiger charge is -2.40. The first-order valence-electron chi connectivity index (χ1n) is 12.2. The average molecular weight is 458 g/mol. The topological polar surface area (TPSA) is 45.6 Å². The van der Waals surface area contributed by atoms with E-state index >= 15 is 0 Å². The van der Waals surface area contributed by atoms with Crippen LogP contribution in [0.1, 0.15) is 63.4 Å². The van der Waals surface area contributed by atoms with Gasteiger partial charge in [0.1, 0.15) is 12.6 Å². The van der Waals surface area contributed by atoms with Gasteiger partial charge < -0.3 is 9.47 Å². The molecule has 1 aromatic heterocycles. The number of rotatable bonds is 6. The number of unbranched alkanes of at least 4 members (excludes halogenated alkanes) is 1. The van der Waals surface area contributed by atoms with Crippen LogP contribution in [0.3, 0.4) is 0 Å². The Morgan fingerprint density at radius 2 is 1.62 bits per heavy atom. The Hall–Kier alpha value is -3.34. The van der Waals surface area contributed by atoms with Crippen LogP contribution in [-0.4, -0.2) is 34.4 Å². The summed E-state index contributed by atoms with van der Waals surface area (Å²) >= 11 is 0. The van der Waals surface area contributed by atoms with Gasteiger partial charge in [-0.15, -0.1) is 0 Å². The number of fused-ring (bicyclic) bond motifs is 3. The van der Waals surface area contributed by atoms with Crippen LogP contribution in [0, 0.1) is 12.3 Å². The van der Waals surface area contributed by atoms with Crippen molar-refractivity contribution in [2.45, 2.75) is 53.5 Å². The molecule has 0 spiro atoms. The van der Waals surface area contributed by atoms with Gasteiger partial charge in [0.25, 0.3) is 0 Å². The Balaban J connectivity index is 1.78. The summed E-state index contributed by atoms with van der Waals surface area (Å²) in [4.78, 5) is 30.9. The Morgan fingerprint density at radius 1 is 0.941 bits per heavy atom. The van der Waals surface area contributed by atoms with E-state index in [1.165, 1.54) is 5.56 Å². The average Bonchev–Trinajstić information content (AvgIpc) is 3.30. The summed E-state index contributed by atoms with van der Waals surface area (Å²) in [6.07, 6.45) is 3.89. The molecule has 2 amide bonds. The Morgan fingerprint density at radius 3 is 2.26 bits per heavy atom. The van der Waals surface area contributed by atoms with Gasteiger partial charge in [-0.3, -0.25) is 14.5 Å². The van der Waals surface area contributed by atoms with Crippen LogP contribution in [-0.2, 0) is 9.59 Å². The standard InChI is InChI=1S/C29H35N3O2/c1-6-7-18-30(28(34)29(3,4)5)20-26(33)32-24-12-9-8-11-23(24)31-19-10-13-25(31)27(32)22-16-14-21(2)15-17-22/h8-17,19,27H,6-7,18,20H2,1-5H3. The van der Waals surface area contributed by atoms with Crippen LogP contribution in [0.4, 0.5) is 5.69 Å². The van der Waals surface area contributed by atoms with Crippen molar-refractivity contribution >= 4 is 17.5 Å². The maximum absolute atomic E-state index is 14.1. The van der Waals surface area contributed by atoms with Gasteiger partial charge in [-0.2, -0.15) is 0 Å². The number of para-hydroxylation sites is 2. The van der Waals surface area contributed by atoms with E-state index in [1.807, 2.05) is 62.2 Å². The summed E-state index contributed by atoms with van der Waals surface area (Å²) in [6.45, 7) is 10.6. The fourth-order valence-corrected chi connectivity index (χ4v) is 4.64. The molecule has 0 N–H and O–H groups in total. The Kier molecular flexibility index (Phi) is 6.65. The molecule has 0 radical (unpaired) electrons. The number of amides is 2. The smallest absolute Gasteiger partial charge is 0.247 e. The van der Waals surface area contributed by atoms with Crippen LogP contribution in [0.2, 0.25) is 0 Å². The molecule has 0 saturated heterocycles. The molecule has 0 saturated carbocycles. The number of nitrogens with zero attached hydrogens (tertiary/aromatic N) is 3. The minimum absolute atomic E-state index is 0.00913. The van der Waals surface area contributed by atoms with E-state index < -0.39 is 5.41 Å². The SMILES string of the molecule is CCCCN(CC(=O)N1c2ccccc2-n2cccc2C1c1ccc(C)cc1)C(=O)C(C)(C)C. The van der Waals surface area contributed by atoms with E-state index in [1.54, 1.807) is 4.90 Å². The number of carbonyl (C=O) groups is 2. The van der Waals surface area contributed by atoms with Gasteiger partial charge in [-0.25, -0.2) is 0 Å². The van der Waals surface area contributed by atoms with Crippen molar-refractivity contribution in [1.29, 1.82) is 0 Å². The van der Waals surface area contributed by atoms with Crippen molar-refractivity contribution in [2.24, 2.45) is 5.41 Å². The normalized spacial score (nSPS) is 15.0. The van der Waals surface area contributed by atoms with Crippen molar-refractivity contribution in [3.8, 4) is 5.69 Å². The molecule has 2 heterocycles. The molecule has 1 atom stereocenters. The maximum Gasteiger partial charge on any atom is 0.247 e. The summed E-state index contributed by atoms with van der Waals surface area (Å²) < 4.78 is 2.17. The van der Waals surface area contributed by atoms with E-state index in [0.717, 1.165) is 35.5 Å². The van der Waals surface area contributed by atoms with Crippen molar-refractivity contribution in [1.82, 2.24) is 9.47 Å². The lowest BCUT2D eigenvalue weighted by Crippen LogP contribution is -2.49. The number of benzene rings is 2. The zero-order chi connectivity index (χ0) is 24.5. The minimum Gasteiger partial charge on any atom is -0.333 e. The molecule has 0 aliphatic carbocycles. The summed E-state index contributed by atoms with van der Waals surface area (Å²) in [7, 11) is 0. The summed E-state index contributed by atoms with van der Waals surface area (Å²) in [5, 5.41) is 0. The van der Waals surface area contributed by atoms with E-state index in [2.05, 4.69) is 48.7 Å². The van der Waals surface area contributed by atoms with Crippen LogP contribution < -0.4 is 4.90 Å². The van der Waals surface area contributed by atoms with Crippen LogP contribution in [0.25, 0.3) is 5.69 Å². The van der Waals surface area contributed by atoms with Crippen LogP contribution >= 0.6 is 0 Å². The van der Waals surface area contributed by atoms with E-state index in [-0.39, 0.29) is 24.4 Å². The molecule has 178 valence electrons. The molecule has 5 nitrogen and oxygen atoms in total. The molecule has 2 aromatic carbocycles. The second kappa shape index (κ2) is 9.49. The van der Waals surface area contributed by atoms with Crippen molar-refractivity contribution in [2.75, 3.05) is 18.0 Å². The van der Waals surface area contributed by atoms with E-state index in [0.29, 0.717) is 6.54 Å². The van der Waals surface area contributed by atoms with Crippen molar-refractivity contribution < 1.29 is 9.59 Å². The number of hydrogen-bond donors (Lipinski definition) is 0. The number of hydrogen-bond acceptors (Lipinski definition) is 2. The molecule has 1 aliphatic heterocycles. The first-order chi connectivity index (χ1) is 16.2. The zero-order valence-electron chi connectivity index (χ0n) is 20.9. The van der Waals surface area contributed by atoms with Gasteiger partial charge in [0.15, 0.2) is 0 Å². The maximum atomic E-state index is 14.1. The van der Waals surface area contributed by atoms with Crippen LogP contribution in [0.15, 0.2) is 66.9 Å². The van der Waals surface area contributed by atoms with Gasteiger partial charge in [-0.1, -0.05) is 76.1 Å². The third-order valence-corrected chi connectivity index (χ3v) is 6.42. The molecule has 1 unspecified atom stereocenters. The molecule has 5 heteroatoms. The number of aromatic nitrogens is 1. The van der Waals surface area contributed by atoms with Gasteiger partial charge in [-0.05, 0) is 43.2 Å². The predicted molar refractivity (Wildman–Crippen MR) is 137 cm³/mol. The molecular formula is C29H35N3O2. The molecule has 0 fully saturated rings. The first kappa shape index (κ1) is 23.8. The third-order valence-electron chi connectivity index (χ3n) is 6.42. The highest BCUT2D eigenvalue weighted by Gasteiger charge is 2.37. The minimum atomic E-state index is -0.543. The second-order valence-electron chi connectivity index (χ2n) is 10.2. The lowest BCUT2D eigenvalue weighted by molar-refractivity contribution is -0.142. The molecule has 0 bridgehead atoms. The fraction of sp³-hybridized carbons (Fsp3) is 0.379. The van der Waals surface area contributed by atoms with Gasteiger partial charge in [0.05, 0.1) is 17.1 Å². The molecule has 34 heavy (non-hydrogen) atoms. The number of aryl methyl sites for hydroxylation is 1. The highest BCUT2D eigenvalue weighted by molar-refractivity contribution is 6.00. The second-order valence-corrected chi connectivity index (χ2v) is 10.2. The van der Waals surface area contributed by atoms with E-state index in [9.17, 15) is 9.59 Å². The number of carbonyl (C=O) groups excluding carboxylic acids is 2. The molecule has 4 rings (SSSR count). The number of anilines is 1. The lowest BCUT2D eigenvalue weighted by atomic mass is 9.94. The van der Waals surface area contributed by atoms with E-state index in [4.69, 9.17) is 0 Å². The molecule has 3 aromatic rings. The van der Waals surface area contributed by atoms with Gasteiger partial charge in [0, 0.05) is 18.2 Å². The zero-order valence-corrected chi connectivity index (χ0v) is 20.9. The first-order valence-corrected chi connectivity index (χ1v) is 12.2. The predicted octanol–water partition coefficient (Wildman–Crippen LogP) is 5.90. The quantitative estimate of drug-likeness (QED) is 0.463. The highest BCUT2D eigenvalue weighted by atomic mass is 16.2. The monoisotopic (exact) mass is 457 g/mol. The Bertz CT molecular complexity index is 1170. The molecule has 1 aliphatic rings. The third kappa shape index (κ3) is 4.52. The summed E-state index contributed by atoms with van der Waals surface area (Å²) in [5.41, 5.74) is 4.56. The summed E-state index contributed by atoms with van der Waals surface area (Å²) in [5.74, 6) is -0.0611. The summed E-state index contributed by atoms with van der Waals surface area (Å²) in [6, 6.07) is 20.2. The molecular weight excluding hydrogens is 422 g/mol. The van der Waals surface area contributed by atoms with Crippen molar-refractivity contribution in [3.63, 3.8) is 0 Å².